The highest BCUT2D eigenvalue weighted by Crippen LogP contribution is 2.21. The summed E-state index contributed by atoms with van der Waals surface area (Å²) in [5.74, 6) is -0.274. The maximum atomic E-state index is 12.2. The average molecular weight is 265 g/mol. The van der Waals surface area contributed by atoms with Crippen molar-refractivity contribution >= 4 is 28.1 Å². The Labute approximate surface area is 109 Å². The fourth-order valence-corrected chi connectivity index (χ4v) is 2.29. The molecule has 0 fully saturated rings. The second kappa shape index (κ2) is 4.77. The number of hydrogen-bond donors (Lipinski definition) is 2. The van der Waals surface area contributed by atoms with Crippen molar-refractivity contribution in [2.45, 2.75) is 27.3 Å². The van der Waals surface area contributed by atoms with Crippen LogP contribution < -0.4 is 11.1 Å². The minimum atomic E-state index is -0.274. The van der Waals surface area contributed by atoms with Gasteiger partial charge in [0.1, 0.15) is 5.69 Å². The molecule has 0 bridgehead atoms. The van der Waals surface area contributed by atoms with E-state index in [2.05, 4.69) is 15.4 Å². The van der Waals surface area contributed by atoms with E-state index >= 15 is 0 Å². The van der Waals surface area contributed by atoms with Gasteiger partial charge in [0.25, 0.3) is 5.91 Å². The molecule has 0 aliphatic heterocycles. The lowest BCUT2D eigenvalue weighted by Crippen LogP contribution is -2.18. The molecule has 0 spiro atoms. The van der Waals surface area contributed by atoms with Crippen molar-refractivity contribution in [3.63, 3.8) is 0 Å². The standard InChI is InChI=1S/C11H15N5OS/c1-4-16-9(8(12)7(3)15-16)10(17)14-11-13-5-6(2)18-11/h5H,4,12H2,1-3H3,(H,13,14,17). The monoisotopic (exact) mass is 265 g/mol. The Hall–Kier alpha value is -1.89. The third-order valence-corrected chi connectivity index (χ3v) is 3.36. The molecule has 3 N–H and O–H groups in total. The molecule has 0 aromatic carbocycles. The van der Waals surface area contributed by atoms with Crippen LogP contribution in [0.1, 0.15) is 28.0 Å². The third-order valence-electron chi connectivity index (χ3n) is 2.53. The first-order valence-corrected chi connectivity index (χ1v) is 6.41. The minimum Gasteiger partial charge on any atom is -0.395 e. The number of aryl methyl sites for hydroxylation is 3. The number of carbonyl (C=O) groups is 1. The summed E-state index contributed by atoms with van der Waals surface area (Å²) in [4.78, 5) is 17.3. The smallest absolute Gasteiger partial charge is 0.277 e. The van der Waals surface area contributed by atoms with E-state index in [1.54, 1.807) is 17.8 Å². The summed E-state index contributed by atoms with van der Waals surface area (Å²) in [5, 5.41) is 7.51. The van der Waals surface area contributed by atoms with Crippen molar-refractivity contribution in [2.24, 2.45) is 0 Å². The number of anilines is 2. The van der Waals surface area contributed by atoms with Crippen LogP contribution in [0.2, 0.25) is 0 Å². The van der Waals surface area contributed by atoms with E-state index in [0.29, 0.717) is 28.8 Å². The zero-order chi connectivity index (χ0) is 13.3. The van der Waals surface area contributed by atoms with Gasteiger partial charge < -0.3 is 5.73 Å². The van der Waals surface area contributed by atoms with Crippen molar-refractivity contribution in [3.8, 4) is 0 Å². The van der Waals surface area contributed by atoms with Gasteiger partial charge in [-0.2, -0.15) is 5.10 Å². The van der Waals surface area contributed by atoms with Crippen LogP contribution in [0.5, 0.6) is 0 Å². The summed E-state index contributed by atoms with van der Waals surface area (Å²) >= 11 is 1.42. The Bertz CT molecular complexity index is 586. The number of hydrogen-bond acceptors (Lipinski definition) is 5. The van der Waals surface area contributed by atoms with E-state index in [9.17, 15) is 4.79 Å². The van der Waals surface area contributed by atoms with Crippen molar-refractivity contribution in [2.75, 3.05) is 11.1 Å². The van der Waals surface area contributed by atoms with Gasteiger partial charge in [-0.15, -0.1) is 11.3 Å². The Morgan fingerprint density at radius 2 is 2.28 bits per heavy atom. The van der Waals surface area contributed by atoms with Gasteiger partial charge in [0.15, 0.2) is 5.13 Å². The van der Waals surface area contributed by atoms with E-state index < -0.39 is 0 Å². The lowest BCUT2D eigenvalue weighted by molar-refractivity contribution is 0.101. The summed E-state index contributed by atoms with van der Waals surface area (Å²) in [5.41, 5.74) is 7.35. The first-order chi connectivity index (χ1) is 8.52. The molecule has 0 aliphatic carbocycles. The SMILES string of the molecule is CCn1nc(C)c(N)c1C(=O)Nc1ncc(C)s1. The summed E-state index contributed by atoms with van der Waals surface area (Å²) < 4.78 is 1.60. The first kappa shape index (κ1) is 12.6. The molecule has 18 heavy (non-hydrogen) atoms. The molecule has 2 rings (SSSR count). The number of rotatable bonds is 3. The molecule has 0 unspecified atom stereocenters. The number of nitrogens with two attached hydrogens (primary N) is 1. The molecule has 2 aromatic rings. The highest BCUT2D eigenvalue weighted by Gasteiger charge is 2.19. The summed E-state index contributed by atoms with van der Waals surface area (Å²) in [7, 11) is 0. The molecule has 0 saturated heterocycles. The van der Waals surface area contributed by atoms with Gasteiger partial charge in [-0.25, -0.2) is 4.98 Å². The third kappa shape index (κ3) is 2.21. The highest BCUT2D eigenvalue weighted by molar-refractivity contribution is 7.15. The molecular formula is C11H15N5OS. The molecule has 96 valence electrons. The second-order valence-corrected chi connectivity index (χ2v) is 5.13. The van der Waals surface area contributed by atoms with E-state index in [0.717, 1.165) is 4.88 Å². The van der Waals surface area contributed by atoms with Crippen LogP contribution in [-0.2, 0) is 6.54 Å². The number of aromatic nitrogens is 3. The van der Waals surface area contributed by atoms with Crippen molar-refractivity contribution in [3.05, 3.63) is 22.5 Å². The highest BCUT2D eigenvalue weighted by atomic mass is 32.1. The van der Waals surface area contributed by atoms with Crippen LogP contribution in [0.4, 0.5) is 10.8 Å². The van der Waals surface area contributed by atoms with Crippen molar-refractivity contribution in [1.82, 2.24) is 14.8 Å². The largest absolute Gasteiger partial charge is 0.395 e. The van der Waals surface area contributed by atoms with Crippen LogP contribution in [0.25, 0.3) is 0 Å². The van der Waals surface area contributed by atoms with Crippen LogP contribution >= 0.6 is 11.3 Å². The van der Waals surface area contributed by atoms with E-state index in [4.69, 9.17) is 5.73 Å². The molecule has 6 nitrogen and oxygen atoms in total. The van der Waals surface area contributed by atoms with Crippen LogP contribution in [0.15, 0.2) is 6.20 Å². The van der Waals surface area contributed by atoms with E-state index in [1.165, 1.54) is 11.3 Å². The van der Waals surface area contributed by atoms with Gasteiger partial charge in [-0.05, 0) is 20.8 Å². The van der Waals surface area contributed by atoms with Gasteiger partial charge in [0.2, 0.25) is 0 Å². The summed E-state index contributed by atoms with van der Waals surface area (Å²) in [6.45, 7) is 6.22. The number of nitrogens with one attached hydrogen (secondary N) is 1. The van der Waals surface area contributed by atoms with Gasteiger partial charge in [-0.1, -0.05) is 0 Å². The molecule has 0 radical (unpaired) electrons. The normalized spacial score (nSPS) is 10.6. The molecule has 2 aromatic heterocycles. The maximum absolute atomic E-state index is 12.2. The van der Waals surface area contributed by atoms with Gasteiger partial charge in [0, 0.05) is 17.6 Å². The molecule has 1 amide bonds. The molecular weight excluding hydrogens is 250 g/mol. The second-order valence-electron chi connectivity index (χ2n) is 3.89. The molecule has 0 aliphatic rings. The molecule has 2 heterocycles. The molecule has 0 atom stereocenters. The van der Waals surface area contributed by atoms with E-state index in [1.807, 2.05) is 13.8 Å². The first-order valence-electron chi connectivity index (χ1n) is 5.59. The molecule has 7 heteroatoms. The minimum absolute atomic E-state index is 0.274. The topological polar surface area (TPSA) is 85.8 Å². The zero-order valence-electron chi connectivity index (χ0n) is 10.5. The zero-order valence-corrected chi connectivity index (χ0v) is 11.3. The predicted octanol–water partition coefficient (Wildman–Crippen LogP) is 1.81. The average Bonchev–Trinajstić information content (AvgIpc) is 2.84. The quantitative estimate of drug-likeness (QED) is 0.886. The van der Waals surface area contributed by atoms with Gasteiger partial charge in [0.05, 0.1) is 11.4 Å². The van der Waals surface area contributed by atoms with Crippen LogP contribution in [0, 0.1) is 13.8 Å². The maximum Gasteiger partial charge on any atom is 0.277 e. The Balaban J connectivity index is 2.28. The number of nitrogens with zero attached hydrogens (tertiary/aromatic N) is 3. The summed E-state index contributed by atoms with van der Waals surface area (Å²) in [6, 6.07) is 0. The Kier molecular flexibility index (Phi) is 3.33. The van der Waals surface area contributed by atoms with Crippen molar-refractivity contribution < 1.29 is 4.79 Å². The van der Waals surface area contributed by atoms with Crippen molar-refractivity contribution in [1.29, 1.82) is 0 Å². The van der Waals surface area contributed by atoms with Crippen LogP contribution in [-0.4, -0.2) is 20.7 Å². The number of nitrogen functional groups attached to an aromatic ring is 1. The lowest BCUT2D eigenvalue weighted by atomic mass is 10.3. The predicted molar refractivity (Wildman–Crippen MR) is 71.9 cm³/mol. The number of amides is 1. The van der Waals surface area contributed by atoms with Crippen LogP contribution in [0.3, 0.4) is 0 Å². The van der Waals surface area contributed by atoms with E-state index in [-0.39, 0.29) is 5.91 Å². The fourth-order valence-electron chi connectivity index (χ4n) is 1.63. The lowest BCUT2D eigenvalue weighted by Gasteiger charge is -2.05. The van der Waals surface area contributed by atoms with Gasteiger partial charge in [-0.3, -0.25) is 14.8 Å². The number of thiazole rings is 1. The Morgan fingerprint density at radius 3 is 2.83 bits per heavy atom. The fraction of sp³-hybridized carbons (Fsp3) is 0.364. The van der Waals surface area contributed by atoms with Gasteiger partial charge >= 0.3 is 0 Å². The Morgan fingerprint density at radius 1 is 1.56 bits per heavy atom. The molecule has 0 saturated carbocycles. The number of carbonyl (C=O) groups excluding carboxylic acids is 1. The summed E-state index contributed by atoms with van der Waals surface area (Å²) in [6.07, 6.45) is 1.71.